The summed E-state index contributed by atoms with van der Waals surface area (Å²) in [6, 6.07) is 0. The van der Waals surface area contributed by atoms with E-state index in [0.717, 1.165) is 0 Å². The van der Waals surface area contributed by atoms with Crippen LogP contribution in [0.2, 0.25) is 0 Å². The van der Waals surface area contributed by atoms with Crippen LogP contribution in [-0.2, 0) is 0 Å². The molecule has 0 saturated carbocycles. The standard InChI is InChI=1S/6C10H22.Pb.2H/c6*1-3-5-7-9-10-8-6-4-2;;;/h6*3-10H2,1-2H3;;;. The van der Waals surface area contributed by atoms with Gasteiger partial charge in [-0.2, -0.15) is 0 Å². The van der Waals surface area contributed by atoms with Gasteiger partial charge in [-0.15, -0.1) is 0 Å². The van der Waals surface area contributed by atoms with Gasteiger partial charge in [0.2, 0.25) is 0 Å². The van der Waals surface area contributed by atoms with E-state index in [9.17, 15) is 0 Å². The van der Waals surface area contributed by atoms with E-state index in [-0.39, 0.29) is 27.3 Å². The Kier molecular flexibility index (Phi) is 114. The molecular formula is C60H134Pb. The van der Waals surface area contributed by atoms with Crippen LogP contribution in [0, 0.1) is 0 Å². The first kappa shape index (κ1) is 76.2. The van der Waals surface area contributed by atoms with Crippen molar-refractivity contribution in [2.45, 2.75) is 391 Å². The van der Waals surface area contributed by atoms with Crippen LogP contribution in [0.4, 0.5) is 0 Å². The fraction of sp³-hybridized carbons (Fsp3) is 1.00. The predicted octanol–water partition coefficient (Wildman–Crippen LogP) is 24.0. The predicted molar refractivity (Wildman–Crippen MR) is 298 cm³/mol. The van der Waals surface area contributed by atoms with E-state index >= 15 is 0 Å². The van der Waals surface area contributed by atoms with E-state index in [1.165, 1.54) is 308 Å². The van der Waals surface area contributed by atoms with Gasteiger partial charge in [-0.3, -0.25) is 0 Å². The van der Waals surface area contributed by atoms with E-state index in [1.807, 2.05) is 0 Å². The van der Waals surface area contributed by atoms with Gasteiger partial charge in [0.15, 0.2) is 0 Å². The van der Waals surface area contributed by atoms with E-state index in [2.05, 4.69) is 83.1 Å². The van der Waals surface area contributed by atoms with E-state index < -0.39 is 0 Å². The maximum atomic E-state index is 2.27. The molecule has 0 N–H and O–H groups in total. The fourth-order valence-corrected chi connectivity index (χ4v) is 7.24. The second-order valence-electron chi connectivity index (χ2n) is 18.7. The first-order valence-electron chi connectivity index (χ1n) is 29.5. The van der Waals surface area contributed by atoms with Crippen molar-refractivity contribution in [1.29, 1.82) is 0 Å². The third-order valence-corrected chi connectivity index (χ3v) is 11.7. The molecule has 0 aromatic rings. The summed E-state index contributed by atoms with van der Waals surface area (Å²) in [5.74, 6) is 0. The van der Waals surface area contributed by atoms with E-state index in [4.69, 9.17) is 0 Å². The second-order valence-corrected chi connectivity index (χ2v) is 18.7. The van der Waals surface area contributed by atoms with Gasteiger partial charge < -0.3 is 0 Å². The molecule has 0 saturated heterocycles. The van der Waals surface area contributed by atoms with Crippen molar-refractivity contribution in [3.05, 3.63) is 0 Å². The molecule has 0 aliphatic carbocycles. The SMILES string of the molecule is CCCCCCCCCC.CCCCCCCCCC.CCCCCCCCCC.CCCCCCCCCC.CCCCCCCCCC.CCCCCCCCCC.[PbH2]. The monoisotopic (exact) mass is 1060 g/mol. The number of hydrogen-bond acceptors (Lipinski definition) is 0. The molecule has 0 rings (SSSR count). The van der Waals surface area contributed by atoms with Crippen LogP contribution < -0.4 is 0 Å². The minimum absolute atomic E-state index is 0. The minimum atomic E-state index is 0. The van der Waals surface area contributed by atoms with Crippen molar-refractivity contribution in [3.8, 4) is 0 Å². The van der Waals surface area contributed by atoms with Crippen LogP contribution in [0.25, 0.3) is 0 Å². The van der Waals surface area contributed by atoms with Crippen LogP contribution in [0.15, 0.2) is 0 Å². The number of rotatable bonds is 42. The first-order valence-corrected chi connectivity index (χ1v) is 29.5. The first-order chi connectivity index (χ1) is 29.5. The molecule has 0 fully saturated rings. The molecule has 0 nitrogen and oxygen atoms in total. The molecular weight excluding hydrogens is 928 g/mol. The zero-order chi connectivity index (χ0) is 45.9. The molecule has 0 amide bonds. The summed E-state index contributed by atoms with van der Waals surface area (Å²) in [4.78, 5) is 0. The number of hydrogen-bond donors (Lipinski definition) is 0. The second kappa shape index (κ2) is 91.4. The van der Waals surface area contributed by atoms with Gasteiger partial charge in [0, 0.05) is 0 Å². The molecule has 0 aliphatic rings. The molecule has 0 bridgehead atoms. The van der Waals surface area contributed by atoms with Crippen LogP contribution in [0.5, 0.6) is 0 Å². The Labute approximate surface area is 416 Å². The average Bonchev–Trinajstić information content (AvgIpc) is 3.27. The van der Waals surface area contributed by atoms with Crippen LogP contribution >= 0.6 is 0 Å². The zero-order valence-electron chi connectivity index (χ0n) is 46.6. The third kappa shape index (κ3) is 115. The molecule has 0 aliphatic heterocycles. The maximum absolute atomic E-state index is 2.27. The fourth-order valence-electron chi connectivity index (χ4n) is 7.24. The van der Waals surface area contributed by atoms with Gasteiger partial charge in [-0.1, -0.05) is 391 Å². The zero-order valence-corrected chi connectivity index (χ0v) is 52.1. The molecule has 0 aromatic heterocycles. The molecule has 0 aromatic carbocycles. The summed E-state index contributed by atoms with van der Waals surface area (Å²) >= 11 is 0. The molecule has 0 heterocycles. The summed E-state index contributed by atoms with van der Waals surface area (Å²) in [7, 11) is 0. The van der Waals surface area contributed by atoms with Crippen molar-refractivity contribution in [1.82, 2.24) is 0 Å². The van der Waals surface area contributed by atoms with Crippen LogP contribution in [-0.4, -0.2) is 27.3 Å². The molecule has 2 radical (unpaired) electrons. The molecule has 61 heavy (non-hydrogen) atoms. The summed E-state index contributed by atoms with van der Waals surface area (Å²) in [6.45, 7) is 27.2. The number of unbranched alkanes of at least 4 members (excludes halogenated alkanes) is 42. The van der Waals surface area contributed by atoms with Crippen molar-refractivity contribution in [2.24, 2.45) is 0 Å². The van der Waals surface area contributed by atoms with Crippen LogP contribution in [0.1, 0.15) is 391 Å². The summed E-state index contributed by atoms with van der Waals surface area (Å²) in [5.41, 5.74) is 0. The molecule has 0 unspecified atom stereocenters. The normalized spacial score (nSPS) is 10.0. The van der Waals surface area contributed by atoms with Gasteiger partial charge >= 0.3 is 27.3 Å². The summed E-state index contributed by atoms with van der Waals surface area (Å²) < 4.78 is 0. The van der Waals surface area contributed by atoms with Crippen molar-refractivity contribution >= 4 is 27.3 Å². The molecule has 0 spiro atoms. The van der Waals surface area contributed by atoms with Gasteiger partial charge in [0.25, 0.3) is 0 Å². The van der Waals surface area contributed by atoms with E-state index in [1.54, 1.807) is 0 Å². The Morgan fingerprint density at radius 2 is 0.148 bits per heavy atom. The van der Waals surface area contributed by atoms with Gasteiger partial charge in [0.05, 0.1) is 0 Å². The Hall–Kier alpha value is 0.922. The molecule has 378 valence electrons. The Morgan fingerprint density at radius 1 is 0.0984 bits per heavy atom. The Morgan fingerprint density at radius 3 is 0.197 bits per heavy atom. The van der Waals surface area contributed by atoms with Gasteiger partial charge in [-0.05, 0) is 0 Å². The van der Waals surface area contributed by atoms with Crippen LogP contribution in [0.3, 0.4) is 0 Å². The van der Waals surface area contributed by atoms with Crippen molar-refractivity contribution in [3.63, 3.8) is 0 Å². The Bertz CT molecular complexity index is 371. The Balaban J connectivity index is -0.000000114. The average molecular weight is 1060 g/mol. The third-order valence-electron chi connectivity index (χ3n) is 11.7. The van der Waals surface area contributed by atoms with Crippen molar-refractivity contribution < 1.29 is 0 Å². The van der Waals surface area contributed by atoms with E-state index in [0.29, 0.717) is 0 Å². The molecule has 0 atom stereocenters. The summed E-state index contributed by atoms with van der Waals surface area (Å²) in [5, 5.41) is 0. The van der Waals surface area contributed by atoms with Crippen molar-refractivity contribution in [2.75, 3.05) is 0 Å². The molecule has 1 heteroatoms. The van der Waals surface area contributed by atoms with Gasteiger partial charge in [-0.25, -0.2) is 0 Å². The van der Waals surface area contributed by atoms with Gasteiger partial charge in [0.1, 0.15) is 0 Å². The quantitative estimate of drug-likeness (QED) is 0.0422. The summed E-state index contributed by atoms with van der Waals surface area (Å²) in [6.07, 6.45) is 68.8. The topological polar surface area (TPSA) is 0 Å².